The van der Waals surface area contributed by atoms with Gasteiger partial charge >= 0.3 is 0 Å². The summed E-state index contributed by atoms with van der Waals surface area (Å²) in [6, 6.07) is 0. The van der Waals surface area contributed by atoms with Gasteiger partial charge in [0.25, 0.3) is 10.1 Å². The molecule has 0 aliphatic rings. The average Bonchev–Trinajstić information content (AvgIpc) is 1.93. The topological polar surface area (TPSA) is 106 Å². The van der Waals surface area contributed by atoms with E-state index in [0.29, 0.717) is 5.82 Å². The van der Waals surface area contributed by atoms with Gasteiger partial charge in [-0.15, -0.1) is 0 Å². The predicted molar refractivity (Wildman–Crippen MR) is 46.4 cm³/mol. The summed E-state index contributed by atoms with van der Waals surface area (Å²) in [5.74, 6) is -0.0271. The van der Waals surface area contributed by atoms with E-state index in [1.165, 1.54) is 6.20 Å². The van der Waals surface area contributed by atoms with Crippen LogP contribution in [0.25, 0.3) is 0 Å². The Morgan fingerprint density at radius 2 is 2.23 bits per heavy atom. The molecule has 72 valence electrons. The minimum absolute atomic E-state index is 0.0742. The molecule has 0 saturated carbocycles. The quantitative estimate of drug-likeness (QED) is 0.642. The Kier molecular flexibility index (Phi) is 2.48. The zero-order valence-electron chi connectivity index (χ0n) is 6.93. The van der Waals surface area contributed by atoms with E-state index in [-0.39, 0.29) is 11.4 Å². The molecule has 3 N–H and O–H groups in total. The Morgan fingerprint density at radius 3 is 2.69 bits per heavy atom. The minimum atomic E-state index is -4.07. The van der Waals surface area contributed by atoms with Gasteiger partial charge in [-0.3, -0.25) is 4.55 Å². The van der Waals surface area contributed by atoms with Crippen LogP contribution in [-0.4, -0.2) is 22.9 Å². The summed E-state index contributed by atoms with van der Waals surface area (Å²) < 4.78 is 29.5. The minimum Gasteiger partial charge on any atom is -0.383 e. The maximum absolute atomic E-state index is 10.5. The van der Waals surface area contributed by atoms with Gasteiger partial charge < -0.3 is 5.73 Å². The normalized spacial score (nSPS) is 11.5. The van der Waals surface area contributed by atoms with Crippen LogP contribution in [0.5, 0.6) is 0 Å². The van der Waals surface area contributed by atoms with Gasteiger partial charge in [0.1, 0.15) is 17.4 Å². The molecular formula is C6H9N3O3S. The van der Waals surface area contributed by atoms with Crippen molar-refractivity contribution in [2.24, 2.45) is 0 Å². The molecule has 0 amide bonds. The molecular weight excluding hydrogens is 194 g/mol. The molecule has 13 heavy (non-hydrogen) atoms. The molecule has 1 heterocycles. The zero-order valence-corrected chi connectivity index (χ0v) is 7.74. The molecule has 7 heteroatoms. The summed E-state index contributed by atoms with van der Waals surface area (Å²) in [5, 5.41) is 0. The van der Waals surface area contributed by atoms with Crippen molar-refractivity contribution in [1.82, 2.24) is 9.97 Å². The van der Waals surface area contributed by atoms with E-state index in [2.05, 4.69) is 9.97 Å². The summed E-state index contributed by atoms with van der Waals surface area (Å²) >= 11 is 0. The fraction of sp³-hybridized carbons (Fsp3) is 0.333. The first-order chi connectivity index (χ1) is 5.88. The molecule has 0 aliphatic heterocycles. The number of hydrogen-bond donors (Lipinski definition) is 2. The van der Waals surface area contributed by atoms with Crippen molar-refractivity contribution < 1.29 is 13.0 Å². The predicted octanol–water partition coefficient (Wildman–Crippen LogP) is -0.245. The van der Waals surface area contributed by atoms with Crippen molar-refractivity contribution in [3.8, 4) is 0 Å². The first-order valence-electron chi connectivity index (χ1n) is 3.41. The number of rotatable bonds is 2. The van der Waals surface area contributed by atoms with Crippen LogP contribution in [-0.2, 0) is 15.9 Å². The van der Waals surface area contributed by atoms with E-state index >= 15 is 0 Å². The Morgan fingerprint density at radius 1 is 1.62 bits per heavy atom. The highest BCUT2D eigenvalue weighted by Crippen LogP contribution is 2.10. The fourth-order valence-corrected chi connectivity index (χ4v) is 1.44. The van der Waals surface area contributed by atoms with Gasteiger partial charge in [0.2, 0.25) is 0 Å². The highest BCUT2D eigenvalue weighted by atomic mass is 32.2. The molecule has 0 radical (unpaired) electrons. The summed E-state index contributed by atoms with van der Waals surface area (Å²) in [4.78, 5) is 7.51. The van der Waals surface area contributed by atoms with E-state index < -0.39 is 15.9 Å². The van der Waals surface area contributed by atoms with E-state index in [9.17, 15) is 8.42 Å². The van der Waals surface area contributed by atoms with Gasteiger partial charge in [-0.1, -0.05) is 0 Å². The van der Waals surface area contributed by atoms with Crippen LogP contribution in [0.2, 0.25) is 0 Å². The van der Waals surface area contributed by atoms with Gasteiger partial charge in [0.05, 0.1) is 0 Å². The molecule has 0 aromatic carbocycles. The van der Waals surface area contributed by atoms with Crippen LogP contribution in [0.3, 0.4) is 0 Å². The number of nitrogens with two attached hydrogens (primary N) is 1. The smallest absolute Gasteiger partial charge is 0.269 e. The van der Waals surface area contributed by atoms with Crippen molar-refractivity contribution in [2.45, 2.75) is 12.7 Å². The van der Waals surface area contributed by atoms with Gasteiger partial charge in [0, 0.05) is 11.8 Å². The first kappa shape index (κ1) is 9.87. The maximum Gasteiger partial charge on any atom is 0.269 e. The van der Waals surface area contributed by atoms with Crippen LogP contribution in [0.15, 0.2) is 6.20 Å². The molecule has 1 aromatic rings. The summed E-state index contributed by atoms with van der Waals surface area (Å²) in [5.41, 5.74) is 5.60. The maximum atomic E-state index is 10.5. The number of nitrogens with zero attached hydrogens (tertiary/aromatic N) is 2. The van der Waals surface area contributed by atoms with Crippen molar-refractivity contribution in [1.29, 1.82) is 0 Å². The number of hydrogen-bond acceptors (Lipinski definition) is 5. The molecule has 0 aliphatic carbocycles. The van der Waals surface area contributed by atoms with Gasteiger partial charge in [0.15, 0.2) is 0 Å². The van der Waals surface area contributed by atoms with Crippen molar-refractivity contribution in [3.05, 3.63) is 17.6 Å². The Bertz CT molecular complexity index is 415. The van der Waals surface area contributed by atoms with Gasteiger partial charge in [-0.2, -0.15) is 8.42 Å². The van der Waals surface area contributed by atoms with Crippen LogP contribution in [0, 0.1) is 6.92 Å². The third-order valence-electron chi connectivity index (χ3n) is 1.36. The van der Waals surface area contributed by atoms with Crippen molar-refractivity contribution in [3.63, 3.8) is 0 Å². The first-order valence-corrected chi connectivity index (χ1v) is 5.02. The highest BCUT2D eigenvalue weighted by molar-refractivity contribution is 7.85. The van der Waals surface area contributed by atoms with Gasteiger partial charge in [-0.05, 0) is 6.92 Å². The molecule has 0 spiro atoms. The third kappa shape index (κ3) is 2.96. The van der Waals surface area contributed by atoms with E-state index in [1.54, 1.807) is 6.92 Å². The largest absolute Gasteiger partial charge is 0.383 e. The Labute approximate surface area is 75.6 Å². The second-order valence-corrected chi connectivity index (χ2v) is 4.01. The Hall–Kier alpha value is -1.21. The standard InChI is InChI=1S/C6H9N3O3S/c1-4-8-2-5(6(7)9-4)3-13(10,11)12/h2H,3H2,1H3,(H2,7,8,9)(H,10,11,12). The number of aromatic nitrogens is 2. The monoisotopic (exact) mass is 203 g/mol. The van der Waals surface area contributed by atoms with Gasteiger partial charge in [-0.25, -0.2) is 9.97 Å². The van der Waals surface area contributed by atoms with Crippen molar-refractivity contribution >= 4 is 15.9 Å². The summed E-state index contributed by atoms with van der Waals surface area (Å²) in [6.07, 6.45) is 1.28. The second kappa shape index (κ2) is 3.27. The van der Waals surface area contributed by atoms with Crippen LogP contribution < -0.4 is 5.73 Å². The van der Waals surface area contributed by atoms with Crippen molar-refractivity contribution in [2.75, 3.05) is 5.73 Å². The summed E-state index contributed by atoms with van der Waals surface area (Å²) in [7, 11) is -4.07. The number of anilines is 1. The molecule has 6 nitrogen and oxygen atoms in total. The van der Waals surface area contributed by atoms with E-state index in [0.717, 1.165) is 0 Å². The highest BCUT2D eigenvalue weighted by Gasteiger charge is 2.10. The van der Waals surface area contributed by atoms with E-state index in [1.807, 2.05) is 0 Å². The van der Waals surface area contributed by atoms with Crippen LogP contribution in [0.1, 0.15) is 11.4 Å². The van der Waals surface area contributed by atoms with E-state index in [4.69, 9.17) is 10.3 Å². The Balaban J connectivity index is 3.04. The fourth-order valence-electron chi connectivity index (χ4n) is 0.820. The molecule has 0 atom stereocenters. The number of aryl methyl sites for hydroxylation is 1. The molecule has 0 fully saturated rings. The van der Waals surface area contributed by atoms with Crippen LogP contribution >= 0.6 is 0 Å². The zero-order chi connectivity index (χ0) is 10.1. The SMILES string of the molecule is Cc1ncc(CS(=O)(=O)O)c(N)n1. The lowest BCUT2D eigenvalue weighted by Crippen LogP contribution is -2.07. The molecule has 0 bridgehead atoms. The molecule has 1 aromatic heterocycles. The molecule has 1 rings (SSSR count). The van der Waals surface area contributed by atoms with Crippen LogP contribution in [0.4, 0.5) is 5.82 Å². The second-order valence-electron chi connectivity index (χ2n) is 2.55. The lowest BCUT2D eigenvalue weighted by molar-refractivity contribution is 0.482. The molecule has 0 saturated heterocycles. The number of nitrogen functional groups attached to an aromatic ring is 1. The average molecular weight is 203 g/mol. The lowest BCUT2D eigenvalue weighted by atomic mass is 10.3. The third-order valence-corrected chi connectivity index (χ3v) is 2.03. The lowest BCUT2D eigenvalue weighted by Gasteiger charge is -2.01. The molecule has 0 unspecified atom stereocenters. The summed E-state index contributed by atoms with van der Waals surface area (Å²) in [6.45, 7) is 1.63.